The topological polar surface area (TPSA) is 9.23 Å². The minimum absolute atomic E-state index is 0.108. The number of hydrogen-bond acceptors (Lipinski definition) is 1. The molecule has 1 aromatic rings. The maximum atomic E-state index is 13.2. The molecule has 0 radical (unpaired) electrons. The second kappa shape index (κ2) is 5.69. The third-order valence-corrected chi connectivity index (χ3v) is 2.87. The van der Waals surface area contributed by atoms with E-state index < -0.39 is 17.6 Å². The van der Waals surface area contributed by atoms with Crippen molar-refractivity contribution in [2.45, 2.75) is 25.9 Å². The van der Waals surface area contributed by atoms with Crippen LogP contribution in [0, 0.1) is 11.7 Å². The predicted octanol–water partition coefficient (Wildman–Crippen LogP) is 4.23. The third-order valence-electron chi connectivity index (χ3n) is 2.87. The molecule has 0 saturated carbocycles. The van der Waals surface area contributed by atoms with Gasteiger partial charge in [-0.25, -0.2) is 4.39 Å². The lowest BCUT2D eigenvalue weighted by atomic mass is 9.88. The Morgan fingerprint density at radius 1 is 1.22 bits per heavy atom. The zero-order chi connectivity index (χ0) is 13.9. The Morgan fingerprint density at radius 3 is 2.28 bits per heavy atom. The quantitative estimate of drug-likeness (QED) is 0.739. The van der Waals surface area contributed by atoms with Gasteiger partial charge in [-0.05, 0) is 23.6 Å². The highest BCUT2D eigenvalue weighted by molar-refractivity contribution is 5.30. The molecule has 5 heteroatoms. The first-order valence-electron chi connectivity index (χ1n) is 5.63. The molecule has 0 fully saturated rings. The Morgan fingerprint density at radius 2 is 1.83 bits per heavy atom. The molecule has 0 aliphatic rings. The number of benzene rings is 1. The highest BCUT2D eigenvalue weighted by Gasteiger charge is 2.34. The summed E-state index contributed by atoms with van der Waals surface area (Å²) in [6.07, 6.45) is -4.67. The molecule has 0 saturated heterocycles. The maximum Gasteiger partial charge on any atom is 0.419 e. The molecule has 1 rings (SSSR count). The summed E-state index contributed by atoms with van der Waals surface area (Å²) in [5.74, 6) is -1.32. The second-order valence-electron chi connectivity index (χ2n) is 4.54. The molecule has 0 N–H and O–H groups in total. The molecule has 0 spiro atoms. The molecule has 1 atom stereocenters. The van der Waals surface area contributed by atoms with Crippen molar-refractivity contribution < 1.29 is 22.3 Å². The normalized spacial score (nSPS) is 14.0. The van der Waals surface area contributed by atoms with E-state index in [4.69, 9.17) is 4.74 Å². The molecule has 1 aromatic carbocycles. The average Bonchev–Trinajstić information content (AvgIpc) is 2.25. The van der Waals surface area contributed by atoms with Crippen molar-refractivity contribution in [3.05, 3.63) is 35.1 Å². The number of ether oxygens (including phenoxy) is 1. The first kappa shape index (κ1) is 15.0. The van der Waals surface area contributed by atoms with Crippen LogP contribution in [0.4, 0.5) is 17.6 Å². The first-order valence-corrected chi connectivity index (χ1v) is 5.63. The summed E-state index contributed by atoms with van der Waals surface area (Å²) in [4.78, 5) is 0. The molecule has 18 heavy (non-hydrogen) atoms. The molecule has 0 unspecified atom stereocenters. The largest absolute Gasteiger partial charge is 0.419 e. The van der Waals surface area contributed by atoms with Crippen molar-refractivity contribution in [1.82, 2.24) is 0 Å². The molecule has 102 valence electrons. The van der Waals surface area contributed by atoms with E-state index in [2.05, 4.69) is 0 Å². The van der Waals surface area contributed by atoms with Crippen molar-refractivity contribution in [2.75, 3.05) is 13.7 Å². The minimum Gasteiger partial charge on any atom is -0.384 e. The lowest BCUT2D eigenvalue weighted by molar-refractivity contribution is -0.140. The number of hydrogen-bond donors (Lipinski definition) is 0. The first-order chi connectivity index (χ1) is 8.27. The van der Waals surface area contributed by atoms with Gasteiger partial charge in [0.15, 0.2) is 0 Å². The van der Waals surface area contributed by atoms with Gasteiger partial charge in [0.25, 0.3) is 0 Å². The van der Waals surface area contributed by atoms with Crippen LogP contribution in [0.3, 0.4) is 0 Å². The van der Waals surface area contributed by atoms with Gasteiger partial charge in [0.2, 0.25) is 0 Å². The van der Waals surface area contributed by atoms with Gasteiger partial charge in [-0.15, -0.1) is 0 Å². The van der Waals surface area contributed by atoms with E-state index in [1.165, 1.54) is 13.2 Å². The summed E-state index contributed by atoms with van der Waals surface area (Å²) in [5, 5.41) is 0. The predicted molar refractivity (Wildman–Crippen MR) is 60.9 cm³/mol. The fraction of sp³-hybridized carbons (Fsp3) is 0.538. The summed E-state index contributed by atoms with van der Waals surface area (Å²) in [6, 6.07) is 3.12. The number of rotatable bonds is 4. The van der Waals surface area contributed by atoms with Crippen molar-refractivity contribution in [2.24, 2.45) is 5.92 Å². The summed E-state index contributed by atoms with van der Waals surface area (Å²) in [7, 11) is 1.49. The second-order valence-corrected chi connectivity index (χ2v) is 4.54. The van der Waals surface area contributed by atoms with Gasteiger partial charge in [-0.2, -0.15) is 13.2 Å². The van der Waals surface area contributed by atoms with Crippen LogP contribution in [0.2, 0.25) is 0 Å². The van der Waals surface area contributed by atoms with Gasteiger partial charge in [0.1, 0.15) is 5.82 Å². The van der Waals surface area contributed by atoms with E-state index in [-0.39, 0.29) is 11.8 Å². The average molecular weight is 264 g/mol. The Balaban J connectivity index is 3.18. The summed E-state index contributed by atoms with van der Waals surface area (Å²) in [6.45, 7) is 4.08. The van der Waals surface area contributed by atoms with Crippen LogP contribution in [-0.2, 0) is 10.9 Å². The molecule has 0 amide bonds. The molecular weight excluding hydrogens is 248 g/mol. The summed E-state index contributed by atoms with van der Waals surface area (Å²) in [5.41, 5.74) is -0.776. The Kier molecular flexibility index (Phi) is 4.73. The van der Waals surface area contributed by atoms with Gasteiger partial charge in [0, 0.05) is 13.0 Å². The van der Waals surface area contributed by atoms with Crippen LogP contribution in [0.5, 0.6) is 0 Å². The lowest BCUT2D eigenvalue weighted by Gasteiger charge is -2.21. The summed E-state index contributed by atoms with van der Waals surface area (Å²) >= 11 is 0. The van der Waals surface area contributed by atoms with Gasteiger partial charge in [0.05, 0.1) is 12.2 Å². The van der Waals surface area contributed by atoms with Crippen LogP contribution < -0.4 is 0 Å². The van der Waals surface area contributed by atoms with Crippen LogP contribution in [0.25, 0.3) is 0 Å². The Labute approximate surface area is 104 Å². The van der Waals surface area contributed by atoms with E-state index in [1.54, 1.807) is 0 Å². The molecular formula is C13H16F4O. The lowest BCUT2D eigenvalue weighted by Crippen LogP contribution is -2.15. The smallest absolute Gasteiger partial charge is 0.384 e. The monoisotopic (exact) mass is 264 g/mol. The SMILES string of the molecule is COC[C@@H](c1ccc(F)c(C(F)(F)F)c1)C(C)C. The van der Waals surface area contributed by atoms with Gasteiger partial charge >= 0.3 is 6.18 Å². The standard InChI is InChI=1S/C13H16F4O/c1-8(2)10(7-18-3)9-4-5-12(14)11(6-9)13(15,16)17/h4-6,8,10H,7H2,1-3H3/t10-/m1/s1. The van der Waals surface area contributed by atoms with Crippen LogP contribution in [0.15, 0.2) is 18.2 Å². The molecule has 0 heterocycles. The number of methoxy groups -OCH3 is 1. The van der Waals surface area contributed by atoms with Gasteiger partial charge in [-0.1, -0.05) is 19.9 Å². The molecule has 0 aliphatic heterocycles. The zero-order valence-electron chi connectivity index (χ0n) is 10.5. The van der Waals surface area contributed by atoms with Crippen molar-refractivity contribution in [1.29, 1.82) is 0 Å². The zero-order valence-corrected chi connectivity index (χ0v) is 10.5. The van der Waals surface area contributed by atoms with Crippen molar-refractivity contribution >= 4 is 0 Å². The fourth-order valence-corrected chi connectivity index (χ4v) is 1.84. The van der Waals surface area contributed by atoms with E-state index in [9.17, 15) is 17.6 Å². The maximum absolute atomic E-state index is 13.2. The summed E-state index contributed by atoms with van der Waals surface area (Å²) < 4.78 is 56.0. The fourth-order valence-electron chi connectivity index (χ4n) is 1.84. The van der Waals surface area contributed by atoms with Crippen LogP contribution >= 0.6 is 0 Å². The third kappa shape index (κ3) is 3.45. The van der Waals surface area contributed by atoms with E-state index >= 15 is 0 Å². The van der Waals surface area contributed by atoms with Crippen LogP contribution in [0.1, 0.15) is 30.9 Å². The highest BCUT2D eigenvalue weighted by atomic mass is 19.4. The number of halogens is 4. The van der Waals surface area contributed by atoms with Crippen molar-refractivity contribution in [3.63, 3.8) is 0 Å². The molecule has 0 aromatic heterocycles. The van der Waals surface area contributed by atoms with E-state index in [0.29, 0.717) is 12.2 Å². The van der Waals surface area contributed by atoms with Crippen LogP contribution in [-0.4, -0.2) is 13.7 Å². The number of alkyl halides is 3. The Bertz CT molecular complexity index is 398. The van der Waals surface area contributed by atoms with E-state index in [1.807, 2.05) is 13.8 Å². The highest BCUT2D eigenvalue weighted by Crippen LogP contribution is 2.34. The van der Waals surface area contributed by atoms with Gasteiger partial charge < -0.3 is 4.74 Å². The van der Waals surface area contributed by atoms with Gasteiger partial charge in [-0.3, -0.25) is 0 Å². The van der Waals surface area contributed by atoms with Crippen molar-refractivity contribution in [3.8, 4) is 0 Å². The molecule has 0 bridgehead atoms. The van der Waals surface area contributed by atoms with E-state index in [0.717, 1.165) is 12.1 Å². The minimum atomic E-state index is -4.67. The molecule has 1 nitrogen and oxygen atoms in total. The molecule has 0 aliphatic carbocycles. The Hall–Kier alpha value is -1.10.